The molecule has 0 saturated carbocycles. The van der Waals surface area contributed by atoms with Crippen LogP contribution < -0.4 is 19.7 Å². The second-order valence-electron chi connectivity index (χ2n) is 6.88. The van der Waals surface area contributed by atoms with Gasteiger partial charge < -0.3 is 19.7 Å². The number of hydrogen-bond acceptors (Lipinski definition) is 6. The zero-order valence-electron chi connectivity index (χ0n) is 16.8. The molecule has 3 rings (SSSR count). The first kappa shape index (κ1) is 19.9. The normalized spacial score (nSPS) is 13.0. The Hall–Kier alpha value is -2.83. The van der Waals surface area contributed by atoms with Gasteiger partial charge in [-0.1, -0.05) is 19.8 Å². The van der Waals surface area contributed by atoms with Crippen molar-refractivity contribution in [3.63, 3.8) is 0 Å². The van der Waals surface area contributed by atoms with E-state index in [2.05, 4.69) is 27.1 Å². The molecule has 1 aromatic heterocycles. The maximum Gasteiger partial charge on any atom is 0.254 e. The number of fused-ring (bicyclic) bond motifs is 1. The minimum Gasteiger partial charge on any atom is -0.493 e. The van der Waals surface area contributed by atoms with Crippen molar-refractivity contribution < 1.29 is 14.3 Å². The number of hydrogen-bond donors (Lipinski definition) is 1. The summed E-state index contributed by atoms with van der Waals surface area (Å²) >= 11 is 0. The molecule has 0 unspecified atom stereocenters. The summed E-state index contributed by atoms with van der Waals surface area (Å²) < 4.78 is 10.8. The molecule has 0 radical (unpaired) electrons. The second kappa shape index (κ2) is 9.39. The number of rotatable bonds is 8. The Balaban J connectivity index is 1.66. The van der Waals surface area contributed by atoms with E-state index in [1.54, 1.807) is 26.6 Å². The molecule has 0 atom stereocenters. The van der Waals surface area contributed by atoms with Crippen molar-refractivity contribution in [1.29, 1.82) is 0 Å². The molecule has 0 spiro atoms. The number of amides is 1. The fourth-order valence-corrected chi connectivity index (χ4v) is 3.33. The Morgan fingerprint density at radius 3 is 2.43 bits per heavy atom. The summed E-state index contributed by atoms with van der Waals surface area (Å²) in [4.78, 5) is 23.1. The average Bonchev–Trinajstić information content (AvgIpc) is 2.75. The molecular weight excluding hydrogens is 356 g/mol. The first-order valence-corrected chi connectivity index (χ1v) is 9.75. The fraction of sp³-hybridized carbons (Fsp3) is 0.476. The van der Waals surface area contributed by atoms with Crippen LogP contribution in [-0.2, 0) is 13.0 Å². The third-order valence-electron chi connectivity index (χ3n) is 4.97. The van der Waals surface area contributed by atoms with Crippen molar-refractivity contribution >= 4 is 11.9 Å². The van der Waals surface area contributed by atoms with Crippen LogP contribution in [0.1, 0.15) is 47.7 Å². The summed E-state index contributed by atoms with van der Waals surface area (Å²) in [6.07, 6.45) is 7.30. The van der Waals surface area contributed by atoms with Gasteiger partial charge in [-0.2, -0.15) is 0 Å². The summed E-state index contributed by atoms with van der Waals surface area (Å²) in [5, 5.41) is 2.91. The molecule has 0 bridgehead atoms. The average molecular weight is 384 g/mol. The van der Waals surface area contributed by atoms with Crippen LogP contribution in [0.25, 0.3) is 0 Å². The molecule has 28 heavy (non-hydrogen) atoms. The van der Waals surface area contributed by atoms with Crippen LogP contribution in [0.4, 0.5) is 5.95 Å². The van der Waals surface area contributed by atoms with E-state index in [1.807, 2.05) is 12.1 Å². The Kier molecular flexibility index (Phi) is 6.68. The predicted molar refractivity (Wildman–Crippen MR) is 108 cm³/mol. The molecular formula is C21H28N4O3. The third-order valence-corrected chi connectivity index (χ3v) is 4.97. The van der Waals surface area contributed by atoms with E-state index in [9.17, 15) is 4.79 Å². The van der Waals surface area contributed by atoms with Crippen molar-refractivity contribution in [3.05, 3.63) is 41.2 Å². The Bertz CT molecular complexity index is 808. The molecule has 1 aliphatic rings. The highest BCUT2D eigenvalue weighted by atomic mass is 16.5. The Morgan fingerprint density at radius 1 is 1.11 bits per heavy atom. The van der Waals surface area contributed by atoms with E-state index < -0.39 is 0 Å². The first-order valence-electron chi connectivity index (χ1n) is 9.75. The minimum atomic E-state index is -0.122. The highest BCUT2D eigenvalue weighted by Gasteiger charge is 2.21. The lowest BCUT2D eigenvalue weighted by atomic mass is 9.99. The number of benzene rings is 1. The number of ether oxygens (including phenoxy) is 2. The first-order chi connectivity index (χ1) is 13.7. The summed E-state index contributed by atoms with van der Waals surface area (Å²) in [7, 11) is 3.29. The smallest absolute Gasteiger partial charge is 0.254 e. The minimum absolute atomic E-state index is 0.122. The van der Waals surface area contributed by atoms with Crippen LogP contribution in [0.2, 0.25) is 0 Å². The number of carbonyl (C=O) groups is 1. The molecule has 2 heterocycles. The van der Waals surface area contributed by atoms with Gasteiger partial charge in [0.2, 0.25) is 5.95 Å². The number of aromatic nitrogens is 2. The number of carbonyl (C=O) groups excluding carboxylic acids is 1. The van der Waals surface area contributed by atoms with Crippen molar-refractivity contribution in [2.24, 2.45) is 0 Å². The Morgan fingerprint density at radius 2 is 1.79 bits per heavy atom. The summed E-state index contributed by atoms with van der Waals surface area (Å²) in [5.74, 6) is 1.98. The number of nitrogens with one attached hydrogen (secondary N) is 1. The molecule has 0 saturated heterocycles. The van der Waals surface area contributed by atoms with Crippen LogP contribution in [0, 0.1) is 0 Å². The van der Waals surface area contributed by atoms with Gasteiger partial charge in [-0.05, 0) is 36.1 Å². The van der Waals surface area contributed by atoms with Crippen molar-refractivity contribution in [2.75, 3.05) is 32.2 Å². The highest BCUT2D eigenvalue weighted by Crippen LogP contribution is 2.33. The van der Waals surface area contributed by atoms with Crippen LogP contribution in [-0.4, -0.2) is 43.2 Å². The van der Waals surface area contributed by atoms with Gasteiger partial charge in [0.1, 0.15) is 0 Å². The number of nitrogens with zero attached hydrogens (tertiary/aromatic N) is 3. The van der Waals surface area contributed by atoms with E-state index in [0.29, 0.717) is 24.6 Å². The monoisotopic (exact) mass is 384 g/mol. The zero-order chi connectivity index (χ0) is 19.9. The van der Waals surface area contributed by atoms with Gasteiger partial charge in [0.05, 0.1) is 19.8 Å². The van der Waals surface area contributed by atoms with E-state index >= 15 is 0 Å². The van der Waals surface area contributed by atoms with E-state index in [-0.39, 0.29) is 5.91 Å². The van der Waals surface area contributed by atoms with E-state index in [1.165, 1.54) is 11.1 Å². The number of anilines is 1. The van der Waals surface area contributed by atoms with Crippen molar-refractivity contribution in [2.45, 2.75) is 39.2 Å². The molecule has 7 nitrogen and oxygen atoms in total. The topological polar surface area (TPSA) is 76.6 Å². The maximum absolute atomic E-state index is 12.2. The molecule has 1 aromatic carbocycles. The zero-order valence-corrected chi connectivity index (χ0v) is 16.8. The van der Waals surface area contributed by atoms with Gasteiger partial charge in [0.15, 0.2) is 11.5 Å². The van der Waals surface area contributed by atoms with Gasteiger partial charge >= 0.3 is 0 Å². The lowest BCUT2D eigenvalue weighted by Gasteiger charge is -2.29. The molecule has 1 aliphatic heterocycles. The predicted octanol–water partition coefficient (Wildman–Crippen LogP) is 2.98. The molecule has 150 valence electrons. The van der Waals surface area contributed by atoms with Gasteiger partial charge in [-0.15, -0.1) is 0 Å². The van der Waals surface area contributed by atoms with E-state index in [0.717, 1.165) is 43.7 Å². The summed E-state index contributed by atoms with van der Waals surface area (Å²) in [6, 6.07) is 4.05. The maximum atomic E-state index is 12.2. The largest absolute Gasteiger partial charge is 0.493 e. The molecule has 7 heteroatoms. The third kappa shape index (κ3) is 4.52. The van der Waals surface area contributed by atoms with E-state index in [4.69, 9.17) is 9.47 Å². The quantitative estimate of drug-likeness (QED) is 0.705. The van der Waals surface area contributed by atoms with Crippen molar-refractivity contribution in [3.8, 4) is 11.5 Å². The molecule has 1 amide bonds. The van der Waals surface area contributed by atoms with Gasteiger partial charge in [-0.3, -0.25) is 4.79 Å². The van der Waals surface area contributed by atoms with Crippen LogP contribution in [0.15, 0.2) is 24.5 Å². The number of unbranched alkanes of at least 4 members (excludes halogenated alkanes) is 2. The van der Waals surface area contributed by atoms with Gasteiger partial charge in [0, 0.05) is 32.0 Å². The SMILES string of the molecule is CCCCCNC(=O)c1cnc(N2CCc3cc(OC)c(OC)cc3C2)nc1. The molecule has 1 N–H and O–H groups in total. The fourth-order valence-electron chi connectivity index (χ4n) is 3.33. The standard InChI is InChI=1S/C21H28N4O3/c1-4-5-6-8-22-20(26)17-12-23-21(24-13-17)25-9-7-15-10-18(27-2)19(28-3)11-16(15)14-25/h10-13H,4-9,14H2,1-3H3,(H,22,26). The number of methoxy groups -OCH3 is 2. The summed E-state index contributed by atoms with van der Waals surface area (Å²) in [5.41, 5.74) is 2.91. The lowest BCUT2D eigenvalue weighted by Crippen LogP contribution is -2.32. The highest BCUT2D eigenvalue weighted by molar-refractivity contribution is 5.93. The molecule has 0 fully saturated rings. The van der Waals surface area contributed by atoms with Crippen LogP contribution >= 0.6 is 0 Å². The van der Waals surface area contributed by atoms with Gasteiger partial charge in [-0.25, -0.2) is 9.97 Å². The lowest BCUT2D eigenvalue weighted by molar-refractivity contribution is 0.0952. The van der Waals surface area contributed by atoms with Crippen molar-refractivity contribution in [1.82, 2.24) is 15.3 Å². The van der Waals surface area contributed by atoms with Crippen LogP contribution in [0.3, 0.4) is 0 Å². The molecule has 2 aromatic rings. The van der Waals surface area contributed by atoms with Crippen LogP contribution in [0.5, 0.6) is 11.5 Å². The summed E-state index contributed by atoms with van der Waals surface area (Å²) in [6.45, 7) is 4.33. The van der Waals surface area contributed by atoms with Gasteiger partial charge in [0.25, 0.3) is 5.91 Å². The Labute approximate surface area is 166 Å². The second-order valence-corrected chi connectivity index (χ2v) is 6.88. The molecule has 0 aliphatic carbocycles.